The fourth-order valence-corrected chi connectivity index (χ4v) is 1.79. The number of nitrogens with zero attached hydrogens (tertiary/aromatic N) is 3. The van der Waals surface area contributed by atoms with Gasteiger partial charge < -0.3 is 4.74 Å². The third-order valence-corrected chi connectivity index (χ3v) is 3.34. The van der Waals surface area contributed by atoms with Crippen molar-refractivity contribution in [2.75, 3.05) is 0 Å². The monoisotopic (exact) mass is 323 g/mol. The molecule has 0 bridgehead atoms. The summed E-state index contributed by atoms with van der Waals surface area (Å²) in [4.78, 5) is 17.5. The first-order chi connectivity index (χ1) is 8.97. The molecule has 7 heteroatoms. The van der Waals surface area contributed by atoms with E-state index in [1.807, 2.05) is 26.0 Å². The second-order valence-electron chi connectivity index (χ2n) is 3.95. The van der Waals surface area contributed by atoms with E-state index in [0.29, 0.717) is 5.75 Å². The Hall–Kier alpha value is -2.02. The fraction of sp³-hybridized carbons (Fsp3) is 0.167. The molecule has 0 N–H and O–H groups in total. The van der Waals surface area contributed by atoms with Crippen molar-refractivity contribution in [3.05, 3.63) is 50.2 Å². The highest BCUT2D eigenvalue weighted by atomic mass is 79.9. The van der Waals surface area contributed by atoms with Gasteiger partial charge in [0.15, 0.2) is 0 Å². The van der Waals surface area contributed by atoms with Crippen LogP contribution in [-0.4, -0.2) is 14.9 Å². The van der Waals surface area contributed by atoms with Crippen LogP contribution in [0, 0.1) is 24.0 Å². The summed E-state index contributed by atoms with van der Waals surface area (Å²) in [7, 11) is 0. The number of aryl methyl sites for hydroxylation is 2. The molecular formula is C12H10BrN3O3. The standard InChI is InChI=1S/C12H10BrN3O3/c1-7-3-8(2)11(4-10(7)13)19-12-14-5-9(6-15-12)16(17)18/h3-6H,1-2H3. The molecule has 0 aliphatic rings. The summed E-state index contributed by atoms with van der Waals surface area (Å²) in [5.41, 5.74) is 1.85. The van der Waals surface area contributed by atoms with E-state index in [4.69, 9.17) is 4.74 Å². The molecule has 1 heterocycles. The Bertz CT molecular complexity index is 629. The van der Waals surface area contributed by atoms with Crippen molar-refractivity contribution in [3.63, 3.8) is 0 Å². The van der Waals surface area contributed by atoms with Gasteiger partial charge >= 0.3 is 11.7 Å². The van der Waals surface area contributed by atoms with Crippen LogP contribution in [0.3, 0.4) is 0 Å². The average Bonchev–Trinajstić information content (AvgIpc) is 2.36. The summed E-state index contributed by atoms with van der Waals surface area (Å²) >= 11 is 3.41. The average molecular weight is 324 g/mol. The van der Waals surface area contributed by atoms with Gasteiger partial charge in [0, 0.05) is 4.47 Å². The van der Waals surface area contributed by atoms with E-state index in [2.05, 4.69) is 25.9 Å². The predicted octanol–water partition coefficient (Wildman–Crippen LogP) is 3.56. The zero-order chi connectivity index (χ0) is 14.0. The summed E-state index contributed by atoms with van der Waals surface area (Å²) < 4.78 is 6.42. The highest BCUT2D eigenvalue weighted by Gasteiger charge is 2.10. The predicted molar refractivity (Wildman–Crippen MR) is 72.4 cm³/mol. The number of hydrogen-bond acceptors (Lipinski definition) is 5. The molecule has 2 rings (SSSR count). The molecule has 0 fully saturated rings. The number of hydrogen-bond donors (Lipinski definition) is 0. The zero-order valence-electron chi connectivity index (χ0n) is 10.3. The lowest BCUT2D eigenvalue weighted by molar-refractivity contribution is -0.385. The smallest absolute Gasteiger partial charge is 0.322 e. The Balaban J connectivity index is 2.26. The largest absolute Gasteiger partial charge is 0.424 e. The van der Waals surface area contributed by atoms with E-state index in [1.54, 1.807) is 0 Å². The Morgan fingerprint density at radius 2 is 1.84 bits per heavy atom. The summed E-state index contributed by atoms with van der Waals surface area (Å²) in [5.74, 6) is 0.603. The summed E-state index contributed by atoms with van der Waals surface area (Å²) in [6, 6.07) is 3.85. The molecule has 0 spiro atoms. The van der Waals surface area contributed by atoms with Crippen molar-refractivity contribution in [3.8, 4) is 11.8 Å². The van der Waals surface area contributed by atoms with Crippen LogP contribution in [0.4, 0.5) is 5.69 Å². The minimum atomic E-state index is -0.558. The van der Waals surface area contributed by atoms with Gasteiger partial charge in [-0.2, -0.15) is 9.97 Å². The van der Waals surface area contributed by atoms with Gasteiger partial charge in [-0.05, 0) is 31.0 Å². The molecular weight excluding hydrogens is 314 g/mol. The van der Waals surface area contributed by atoms with Gasteiger partial charge in [-0.25, -0.2) is 0 Å². The maximum atomic E-state index is 10.5. The number of ether oxygens (including phenoxy) is 1. The van der Waals surface area contributed by atoms with Gasteiger partial charge in [0.1, 0.15) is 18.1 Å². The topological polar surface area (TPSA) is 78.2 Å². The maximum Gasteiger partial charge on any atom is 0.322 e. The van der Waals surface area contributed by atoms with Crippen molar-refractivity contribution in [1.29, 1.82) is 0 Å². The molecule has 0 saturated heterocycles. The molecule has 0 radical (unpaired) electrons. The fourth-order valence-electron chi connectivity index (χ4n) is 1.47. The normalized spacial score (nSPS) is 10.3. The quantitative estimate of drug-likeness (QED) is 0.637. The number of nitro groups is 1. The number of halogens is 1. The molecule has 1 aromatic heterocycles. The number of rotatable bonds is 3. The van der Waals surface area contributed by atoms with Crippen LogP contribution >= 0.6 is 15.9 Å². The van der Waals surface area contributed by atoms with Crippen molar-refractivity contribution >= 4 is 21.6 Å². The first-order valence-electron chi connectivity index (χ1n) is 5.38. The molecule has 2 aromatic rings. The van der Waals surface area contributed by atoms with Crippen LogP contribution < -0.4 is 4.74 Å². The molecule has 19 heavy (non-hydrogen) atoms. The Morgan fingerprint density at radius 1 is 1.21 bits per heavy atom. The van der Waals surface area contributed by atoms with Gasteiger partial charge in [0.25, 0.3) is 0 Å². The minimum absolute atomic E-state index is 0.0736. The van der Waals surface area contributed by atoms with Gasteiger partial charge in [0.2, 0.25) is 0 Å². The summed E-state index contributed by atoms with van der Waals surface area (Å²) in [6.07, 6.45) is 2.22. The SMILES string of the molecule is Cc1cc(C)c(Oc2ncc([N+](=O)[O-])cn2)cc1Br. The van der Waals surface area contributed by atoms with Crippen molar-refractivity contribution in [1.82, 2.24) is 9.97 Å². The molecule has 0 saturated carbocycles. The van der Waals surface area contributed by atoms with Crippen LogP contribution in [0.1, 0.15) is 11.1 Å². The number of aromatic nitrogens is 2. The Kier molecular flexibility index (Phi) is 3.75. The first kappa shape index (κ1) is 13.4. The molecule has 0 unspecified atom stereocenters. The lowest BCUT2D eigenvalue weighted by Crippen LogP contribution is -1.96. The summed E-state index contributed by atoms with van der Waals surface area (Å²) in [5, 5.41) is 10.5. The first-order valence-corrected chi connectivity index (χ1v) is 6.17. The van der Waals surface area contributed by atoms with Crippen LogP contribution in [0.25, 0.3) is 0 Å². The van der Waals surface area contributed by atoms with E-state index < -0.39 is 4.92 Å². The van der Waals surface area contributed by atoms with E-state index in [0.717, 1.165) is 28.0 Å². The highest BCUT2D eigenvalue weighted by Crippen LogP contribution is 2.29. The molecule has 1 aromatic carbocycles. The lowest BCUT2D eigenvalue weighted by Gasteiger charge is -2.08. The van der Waals surface area contributed by atoms with E-state index >= 15 is 0 Å². The van der Waals surface area contributed by atoms with Crippen molar-refractivity contribution in [2.24, 2.45) is 0 Å². The van der Waals surface area contributed by atoms with Crippen LogP contribution in [-0.2, 0) is 0 Å². The Labute approximate surface area is 117 Å². The van der Waals surface area contributed by atoms with Crippen molar-refractivity contribution in [2.45, 2.75) is 13.8 Å². The second-order valence-corrected chi connectivity index (χ2v) is 4.80. The van der Waals surface area contributed by atoms with Gasteiger partial charge in [-0.3, -0.25) is 10.1 Å². The van der Waals surface area contributed by atoms with Gasteiger partial charge in [-0.15, -0.1) is 0 Å². The maximum absolute atomic E-state index is 10.5. The molecule has 98 valence electrons. The number of benzene rings is 1. The van der Waals surface area contributed by atoms with E-state index in [1.165, 1.54) is 0 Å². The molecule has 0 amide bonds. The molecule has 6 nitrogen and oxygen atoms in total. The molecule has 0 atom stereocenters. The third-order valence-electron chi connectivity index (χ3n) is 2.48. The Morgan fingerprint density at radius 3 is 2.42 bits per heavy atom. The van der Waals surface area contributed by atoms with E-state index in [-0.39, 0.29) is 11.7 Å². The molecule has 0 aliphatic heterocycles. The van der Waals surface area contributed by atoms with Gasteiger partial charge in [0.05, 0.1) is 4.92 Å². The molecule has 0 aliphatic carbocycles. The van der Waals surface area contributed by atoms with Gasteiger partial charge in [-0.1, -0.05) is 22.0 Å². The minimum Gasteiger partial charge on any atom is -0.424 e. The lowest BCUT2D eigenvalue weighted by atomic mass is 10.1. The van der Waals surface area contributed by atoms with Crippen molar-refractivity contribution < 1.29 is 9.66 Å². The van der Waals surface area contributed by atoms with Crippen LogP contribution in [0.2, 0.25) is 0 Å². The second kappa shape index (κ2) is 5.31. The van der Waals surface area contributed by atoms with Crippen LogP contribution in [0.5, 0.6) is 11.8 Å². The van der Waals surface area contributed by atoms with E-state index in [9.17, 15) is 10.1 Å². The third kappa shape index (κ3) is 3.05. The summed E-state index contributed by atoms with van der Waals surface area (Å²) in [6.45, 7) is 3.88. The highest BCUT2D eigenvalue weighted by molar-refractivity contribution is 9.10. The van der Waals surface area contributed by atoms with Crippen LogP contribution in [0.15, 0.2) is 29.0 Å². The zero-order valence-corrected chi connectivity index (χ0v) is 11.8.